The van der Waals surface area contributed by atoms with Gasteiger partial charge in [0.05, 0.1) is 5.75 Å². The van der Waals surface area contributed by atoms with Crippen LogP contribution in [0.1, 0.15) is 6.42 Å². The second kappa shape index (κ2) is 7.10. The summed E-state index contributed by atoms with van der Waals surface area (Å²) < 4.78 is 14.5. The van der Waals surface area contributed by atoms with E-state index in [4.69, 9.17) is 5.26 Å². The van der Waals surface area contributed by atoms with Crippen molar-refractivity contribution < 1.29 is 33.6 Å². The standard InChI is InChI=1S/C4H8N2O9S2/c7-5(8)13-3-4(14-6(9)10)1-2-17(12,16)15-11/h4,11H,1-3H2. The van der Waals surface area contributed by atoms with Gasteiger partial charge in [-0.2, -0.15) is 0 Å². The molecule has 0 saturated carbocycles. The molecule has 2 unspecified atom stereocenters. The molecule has 100 valence electrons. The Morgan fingerprint density at radius 1 is 1.35 bits per heavy atom. The molecule has 0 radical (unpaired) electrons. The molecule has 0 saturated heterocycles. The molecule has 2 atom stereocenters. The highest BCUT2D eigenvalue weighted by Gasteiger charge is 2.18. The summed E-state index contributed by atoms with van der Waals surface area (Å²) in [4.78, 5) is 27.8. The number of hydrogen-bond acceptors (Lipinski definition) is 10. The largest absolute Gasteiger partial charge is 0.312 e. The number of hydrogen-bond donors (Lipinski definition) is 1. The van der Waals surface area contributed by atoms with Crippen molar-refractivity contribution >= 4 is 20.0 Å². The molecule has 0 aliphatic rings. The van der Waals surface area contributed by atoms with Crippen LogP contribution in [0.15, 0.2) is 0 Å². The minimum atomic E-state index is -3.43. The molecule has 17 heavy (non-hydrogen) atoms. The van der Waals surface area contributed by atoms with E-state index in [1.165, 1.54) is 0 Å². The van der Waals surface area contributed by atoms with Crippen LogP contribution in [0, 0.1) is 20.2 Å². The summed E-state index contributed by atoms with van der Waals surface area (Å²) in [6, 6.07) is 0. The van der Waals surface area contributed by atoms with Gasteiger partial charge in [0.25, 0.3) is 10.2 Å². The van der Waals surface area contributed by atoms with Crippen LogP contribution in [0.3, 0.4) is 0 Å². The first-order valence-electron chi connectivity index (χ1n) is 3.91. The Balaban J connectivity index is 4.28. The molecule has 0 heterocycles. The monoisotopic (exact) mass is 292 g/mol. The SMILES string of the molecule is O=[N+]([O-])OCC(CCS(=O)(=S)OO)O[N+](=O)[O-]. The molecule has 0 aliphatic carbocycles. The normalized spacial score (nSPS) is 15.6. The minimum absolute atomic E-state index is 0.322. The van der Waals surface area contributed by atoms with Crippen LogP contribution in [-0.4, -0.2) is 38.1 Å². The van der Waals surface area contributed by atoms with E-state index in [0.717, 1.165) is 0 Å². The lowest BCUT2D eigenvalue weighted by Crippen LogP contribution is -2.27. The Morgan fingerprint density at radius 2 is 1.94 bits per heavy atom. The lowest BCUT2D eigenvalue weighted by Gasteiger charge is -2.13. The minimum Gasteiger partial charge on any atom is -0.312 e. The smallest absolute Gasteiger partial charge is 0.294 e. The molecule has 0 rings (SSSR count). The first-order valence-corrected chi connectivity index (χ1v) is 6.48. The Kier molecular flexibility index (Phi) is 6.55. The molecule has 0 bridgehead atoms. The zero-order valence-electron chi connectivity index (χ0n) is 8.12. The van der Waals surface area contributed by atoms with E-state index in [1.54, 1.807) is 0 Å². The summed E-state index contributed by atoms with van der Waals surface area (Å²) in [6.45, 7) is -0.732. The van der Waals surface area contributed by atoms with E-state index in [-0.39, 0.29) is 6.42 Å². The fourth-order valence-corrected chi connectivity index (χ4v) is 1.66. The Morgan fingerprint density at radius 3 is 2.35 bits per heavy atom. The molecule has 11 nitrogen and oxygen atoms in total. The molecule has 0 aromatic carbocycles. The molecule has 13 heteroatoms. The highest BCUT2D eigenvalue weighted by Crippen LogP contribution is 2.04. The van der Waals surface area contributed by atoms with Gasteiger partial charge >= 0.3 is 0 Å². The van der Waals surface area contributed by atoms with E-state index in [2.05, 4.69) is 25.2 Å². The van der Waals surface area contributed by atoms with Gasteiger partial charge < -0.3 is 9.68 Å². The molecule has 0 aromatic rings. The lowest BCUT2D eigenvalue weighted by molar-refractivity contribution is -0.790. The summed E-state index contributed by atoms with van der Waals surface area (Å²) in [5.41, 5.74) is 0. The second-order valence-corrected chi connectivity index (χ2v) is 5.79. The molecule has 0 spiro atoms. The summed E-state index contributed by atoms with van der Waals surface area (Å²) in [5, 5.41) is 25.7. The summed E-state index contributed by atoms with van der Waals surface area (Å²) in [6.07, 6.45) is -1.66. The van der Waals surface area contributed by atoms with Gasteiger partial charge in [-0.3, -0.25) is 0 Å². The maximum Gasteiger partial charge on any atom is 0.294 e. The molecule has 0 amide bonds. The van der Waals surface area contributed by atoms with Gasteiger partial charge in [-0.25, -0.2) is 9.47 Å². The van der Waals surface area contributed by atoms with Gasteiger partial charge in [0.2, 0.25) is 0 Å². The predicted molar refractivity (Wildman–Crippen MR) is 53.5 cm³/mol. The molecular formula is C4H8N2O9S2. The average molecular weight is 292 g/mol. The van der Waals surface area contributed by atoms with Crippen molar-refractivity contribution in [2.75, 3.05) is 12.4 Å². The number of rotatable bonds is 9. The predicted octanol–water partition coefficient (Wildman–Crippen LogP) is -0.687. The van der Waals surface area contributed by atoms with Crippen molar-refractivity contribution in [2.24, 2.45) is 0 Å². The Labute approximate surface area is 99.3 Å². The van der Waals surface area contributed by atoms with Gasteiger partial charge in [-0.05, 0) is 6.42 Å². The lowest BCUT2D eigenvalue weighted by atomic mass is 10.3. The topological polar surface area (TPSA) is 151 Å². The first-order chi connectivity index (χ1) is 7.76. The highest BCUT2D eigenvalue weighted by molar-refractivity contribution is 8.30. The Bertz CT molecular complexity index is 367. The van der Waals surface area contributed by atoms with Crippen molar-refractivity contribution in [1.82, 2.24) is 0 Å². The van der Waals surface area contributed by atoms with E-state index in [1.807, 2.05) is 0 Å². The van der Waals surface area contributed by atoms with E-state index in [0.29, 0.717) is 0 Å². The van der Waals surface area contributed by atoms with Crippen LogP contribution < -0.4 is 0 Å². The first kappa shape index (κ1) is 15.7. The maximum absolute atomic E-state index is 11.0. The van der Waals surface area contributed by atoms with Crippen molar-refractivity contribution in [3.8, 4) is 0 Å². The molecule has 0 aliphatic heterocycles. The molecule has 0 aromatic heterocycles. The quantitative estimate of drug-likeness (QED) is 0.328. The third kappa shape index (κ3) is 8.49. The Hall–Kier alpha value is -1.31. The van der Waals surface area contributed by atoms with Gasteiger partial charge in [0.15, 0.2) is 8.77 Å². The third-order valence-electron chi connectivity index (χ3n) is 1.40. The van der Waals surface area contributed by atoms with Gasteiger partial charge in [-0.1, -0.05) is 0 Å². The fourth-order valence-electron chi connectivity index (χ4n) is 0.745. The zero-order valence-corrected chi connectivity index (χ0v) is 9.76. The van der Waals surface area contributed by atoms with Crippen LogP contribution >= 0.6 is 0 Å². The van der Waals surface area contributed by atoms with Gasteiger partial charge in [0, 0.05) is 11.2 Å². The van der Waals surface area contributed by atoms with Gasteiger partial charge in [0.1, 0.15) is 12.7 Å². The molecular weight excluding hydrogens is 284 g/mol. The van der Waals surface area contributed by atoms with Crippen molar-refractivity contribution in [2.45, 2.75) is 12.5 Å². The number of nitrogens with zero attached hydrogens (tertiary/aromatic N) is 2. The van der Waals surface area contributed by atoms with E-state index in [9.17, 15) is 24.4 Å². The van der Waals surface area contributed by atoms with Crippen molar-refractivity contribution in [3.63, 3.8) is 0 Å². The summed E-state index contributed by atoms with van der Waals surface area (Å²) >= 11 is 4.27. The summed E-state index contributed by atoms with van der Waals surface area (Å²) in [7, 11) is -3.43. The zero-order chi connectivity index (χ0) is 13.5. The van der Waals surface area contributed by atoms with Crippen LogP contribution in [0.5, 0.6) is 0 Å². The molecule has 0 fully saturated rings. The maximum atomic E-state index is 11.0. The summed E-state index contributed by atoms with van der Waals surface area (Å²) in [5.74, 6) is -0.460. The van der Waals surface area contributed by atoms with Crippen LogP contribution in [-0.2, 0) is 34.0 Å². The average Bonchev–Trinajstić information content (AvgIpc) is 2.21. The van der Waals surface area contributed by atoms with Crippen LogP contribution in [0.4, 0.5) is 0 Å². The van der Waals surface area contributed by atoms with Crippen molar-refractivity contribution in [3.05, 3.63) is 20.2 Å². The second-order valence-electron chi connectivity index (χ2n) is 2.60. The van der Waals surface area contributed by atoms with E-state index < -0.39 is 37.4 Å². The third-order valence-corrected chi connectivity index (χ3v) is 3.05. The van der Waals surface area contributed by atoms with Gasteiger partial charge in [-0.15, -0.1) is 24.6 Å². The highest BCUT2D eigenvalue weighted by atomic mass is 32.8. The molecule has 1 N–H and O–H groups in total. The van der Waals surface area contributed by atoms with E-state index >= 15 is 0 Å². The van der Waals surface area contributed by atoms with Crippen LogP contribution in [0.25, 0.3) is 0 Å². The fraction of sp³-hybridized carbons (Fsp3) is 1.00. The van der Waals surface area contributed by atoms with Crippen molar-refractivity contribution in [1.29, 1.82) is 0 Å². The van der Waals surface area contributed by atoms with Crippen LogP contribution in [0.2, 0.25) is 0 Å².